The van der Waals surface area contributed by atoms with Gasteiger partial charge in [0.1, 0.15) is 0 Å². The first kappa shape index (κ1) is 18.2. The lowest BCUT2D eigenvalue weighted by Crippen LogP contribution is -2.35. The SMILES string of the molecule is CC1CCN(c2ncc3c(n2)CCN(Cc2ccc(N(C)C)cc2)C3)CC1. The summed E-state index contributed by atoms with van der Waals surface area (Å²) in [5.74, 6) is 1.77. The molecule has 3 heterocycles. The van der Waals surface area contributed by atoms with Crippen LogP contribution in [0.15, 0.2) is 30.5 Å². The normalized spacial score (nSPS) is 18.4. The highest BCUT2D eigenvalue weighted by atomic mass is 15.3. The first-order valence-corrected chi connectivity index (χ1v) is 10.2. The van der Waals surface area contributed by atoms with Crippen LogP contribution in [0.1, 0.15) is 36.6 Å². The van der Waals surface area contributed by atoms with E-state index in [1.54, 1.807) is 0 Å². The highest BCUT2D eigenvalue weighted by Gasteiger charge is 2.22. The summed E-state index contributed by atoms with van der Waals surface area (Å²) in [6, 6.07) is 8.87. The Morgan fingerprint density at radius 3 is 2.52 bits per heavy atom. The van der Waals surface area contributed by atoms with E-state index in [9.17, 15) is 0 Å². The molecular weight excluding hydrogens is 334 g/mol. The van der Waals surface area contributed by atoms with Crippen molar-refractivity contribution in [3.8, 4) is 0 Å². The molecule has 1 aromatic heterocycles. The Hall–Kier alpha value is -2.14. The molecule has 2 aliphatic rings. The maximum absolute atomic E-state index is 4.92. The van der Waals surface area contributed by atoms with Crippen molar-refractivity contribution in [3.05, 3.63) is 47.3 Å². The molecule has 1 saturated heterocycles. The average molecular weight is 366 g/mol. The summed E-state index contributed by atoms with van der Waals surface area (Å²) in [5.41, 5.74) is 5.15. The molecule has 0 atom stereocenters. The van der Waals surface area contributed by atoms with E-state index >= 15 is 0 Å². The molecule has 2 aliphatic heterocycles. The molecule has 0 aliphatic carbocycles. The summed E-state index contributed by atoms with van der Waals surface area (Å²) in [4.78, 5) is 16.6. The summed E-state index contributed by atoms with van der Waals surface area (Å²) >= 11 is 0. The molecule has 144 valence electrons. The van der Waals surface area contributed by atoms with E-state index < -0.39 is 0 Å². The monoisotopic (exact) mass is 365 g/mol. The molecule has 4 rings (SSSR count). The fraction of sp³-hybridized carbons (Fsp3) is 0.545. The summed E-state index contributed by atoms with van der Waals surface area (Å²) in [6.45, 7) is 7.52. The van der Waals surface area contributed by atoms with Crippen molar-refractivity contribution < 1.29 is 0 Å². The highest BCUT2D eigenvalue weighted by Crippen LogP contribution is 2.24. The zero-order valence-corrected chi connectivity index (χ0v) is 16.9. The van der Waals surface area contributed by atoms with Gasteiger partial charge < -0.3 is 9.80 Å². The molecule has 27 heavy (non-hydrogen) atoms. The van der Waals surface area contributed by atoms with Gasteiger partial charge in [0, 0.05) is 70.7 Å². The maximum Gasteiger partial charge on any atom is 0.225 e. The van der Waals surface area contributed by atoms with Gasteiger partial charge in [-0.25, -0.2) is 9.97 Å². The lowest BCUT2D eigenvalue weighted by atomic mass is 9.99. The zero-order chi connectivity index (χ0) is 18.8. The van der Waals surface area contributed by atoms with Gasteiger partial charge in [0.25, 0.3) is 0 Å². The predicted octanol–water partition coefficient (Wildman–Crippen LogP) is 3.34. The number of piperidine rings is 1. The van der Waals surface area contributed by atoms with Gasteiger partial charge in [0.05, 0.1) is 5.69 Å². The van der Waals surface area contributed by atoms with Gasteiger partial charge in [0.2, 0.25) is 5.95 Å². The Morgan fingerprint density at radius 2 is 1.81 bits per heavy atom. The molecule has 0 unspecified atom stereocenters. The number of nitrogens with zero attached hydrogens (tertiary/aromatic N) is 5. The van der Waals surface area contributed by atoms with E-state index in [-0.39, 0.29) is 0 Å². The molecule has 2 aromatic rings. The van der Waals surface area contributed by atoms with E-state index in [1.165, 1.54) is 35.3 Å². The largest absolute Gasteiger partial charge is 0.378 e. The average Bonchev–Trinajstić information content (AvgIpc) is 2.68. The van der Waals surface area contributed by atoms with Gasteiger partial charge in [-0.2, -0.15) is 0 Å². The molecule has 0 N–H and O–H groups in total. The fourth-order valence-corrected chi connectivity index (χ4v) is 4.02. The molecule has 0 saturated carbocycles. The second-order valence-corrected chi connectivity index (χ2v) is 8.33. The number of fused-ring (bicyclic) bond motifs is 1. The van der Waals surface area contributed by atoms with Crippen LogP contribution in [-0.2, 0) is 19.5 Å². The van der Waals surface area contributed by atoms with Crippen LogP contribution in [0.25, 0.3) is 0 Å². The summed E-state index contributed by atoms with van der Waals surface area (Å²) in [7, 11) is 4.16. The second kappa shape index (κ2) is 7.85. The third kappa shape index (κ3) is 4.24. The Labute approximate surface area is 163 Å². The fourth-order valence-electron chi connectivity index (χ4n) is 4.02. The molecule has 5 heteroatoms. The number of hydrogen-bond donors (Lipinski definition) is 0. The lowest BCUT2D eigenvalue weighted by Gasteiger charge is -2.32. The van der Waals surface area contributed by atoms with Crippen molar-refractivity contribution in [2.24, 2.45) is 5.92 Å². The van der Waals surface area contributed by atoms with E-state index in [4.69, 9.17) is 9.97 Å². The quantitative estimate of drug-likeness (QED) is 0.830. The van der Waals surface area contributed by atoms with E-state index in [1.807, 2.05) is 0 Å². The van der Waals surface area contributed by atoms with Crippen LogP contribution in [0.5, 0.6) is 0 Å². The van der Waals surface area contributed by atoms with E-state index in [0.717, 1.165) is 51.0 Å². The number of benzene rings is 1. The number of anilines is 2. The summed E-state index contributed by atoms with van der Waals surface area (Å²) in [5, 5.41) is 0. The van der Waals surface area contributed by atoms with Crippen LogP contribution in [-0.4, -0.2) is 48.6 Å². The van der Waals surface area contributed by atoms with Crippen LogP contribution >= 0.6 is 0 Å². The molecular formula is C22H31N5. The standard InChI is InChI=1S/C22H31N5/c1-17-8-12-27(13-9-17)22-23-14-19-16-26(11-10-21(19)24-22)15-18-4-6-20(7-5-18)25(2)3/h4-7,14,17H,8-13,15-16H2,1-3H3. The first-order valence-electron chi connectivity index (χ1n) is 10.2. The minimum atomic E-state index is 0.833. The number of hydrogen-bond acceptors (Lipinski definition) is 5. The third-order valence-corrected chi connectivity index (χ3v) is 5.93. The minimum absolute atomic E-state index is 0.833. The smallest absolute Gasteiger partial charge is 0.225 e. The van der Waals surface area contributed by atoms with Gasteiger partial charge in [-0.15, -0.1) is 0 Å². The molecule has 0 spiro atoms. The Kier molecular flexibility index (Phi) is 5.30. The number of aromatic nitrogens is 2. The van der Waals surface area contributed by atoms with Crippen LogP contribution < -0.4 is 9.80 Å². The van der Waals surface area contributed by atoms with Crippen molar-refractivity contribution in [2.75, 3.05) is 43.5 Å². The first-order chi connectivity index (χ1) is 13.1. The Morgan fingerprint density at radius 1 is 1.07 bits per heavy atom. The second-order valence-electron chi connectivity index (χ2n) is 8.33. The van der Waals surface area contributed by atoms with Crippen molar-refractivity contribution in [1.82, 2.24) is 14.9 Å². The highest BCUT2D eigenvalue weighted by molar-refractivity contribution is 5.46. The van der Waals surface area contributed by atoms with Crippen molar-refractivity contribution in [3.63, 3.8) is 0 Å². The van der Waals surface area contributed by atoms with Gasteiger partial charge >= 0.3 is 0 Å². The predicted molar refractivity (Wildman–Crippen MR) is 111 cm³/mol. The lowest BCUT2D eigenvalue weighted by molar-refractivity contribution is 0.243. The van der Waals surface area contributed by atoms with Crippen molar-refractivity contribution in [1.29, 1.82) is 0 Å². The summed E-state index contributed by atoms with van der Waals surface area (Å²) in [6.07, 6.45) is 5.59. The topological polar surface area (TPSA) is 35.5 Å². The molecule has 0 bridgehead atoms. The molecule has 0 radical (unpaired) electrons. The van der Waals surface area contributed by atoms with Gasteiger partial charge in [-0.3, -0.25) is 4.90 Å². The van der Waals surface area contributed by atoms with Crippen LogP contribution in [0.2, 0.25) is 0 Å². The molecule has 5 nitrogen and oxygen atoms in total. The van der Waals surface area contributed by atoms with Gasteiger partial charge in [-0.05, 0) is 36.5 Å². The molecule has 0 amide bonds. The van der Waals surface area contributed by atoms with Crippen LogP contribution in [0.3, 0.4) is 0 Å². The van der Waals surface area contributed by atoms with Gasteiger partial charge in [-0.1, -0.05) is 19.1 Å². The Balaban J connectivity index is 1.40. The maximum atomic E-state index is 4.92. The van der Waals surface area contributed by atoms with Crippen molar-refractivity contribution in [2.45, 2.75) is 39.3 Å². The number of rotatable bonds is 4. The Bertz CT molecular complexity index is 763. The van der Waals surface area contributed by atoms with Crippen LogP contribution in [0, 0.1) is 5.92 Å². The zero-order valence-electron chi connectivity index (χ0n) is 16.9. The minimum Gasteiger partial charge on any atom is -0.378 e. The third-order valence-electron chi connectivity index (χ3n) is 5.93. The van der Waals surface area contributed by atoms with E-state index in [0.29, 0.717) is 0 Å². The molecule has 1 aromatic carbocycles. The molecule has 1 fully saturated rings. The van der Waals surface area contributed by atoms with Gasteiger partial charge in [0.15, 0.2) is 0 Å². The van der Waals surface area contributed by atoms with E-state index in [2.05, 4.69) is 66.2 Å². The van der Waals surface area contributed by atoms with Crippen LogP contribution in [0.4, 0.5) is 11.6 Å². The van der Waals surface area contributed by atoms with Crippen molar-refractivity contribution >= 4 is 11.6 Å². The summed E-state index contributed by atoms with van der Waals surface area (Å²) < 4.78 is 0.